The second-order valence-corrected chi connectivity index (χ2v) is 8.51. The van der Waals surface area contributed by atoms with Gasteiger partial charge >= 0.3 is 208 Å². The van der Waals surface area contributed by atoms with Gasteiger partial charge in [0.05, 0.1) is 0 Å². The molecule has 0 atom stereocenters. The Kier molecular flexibility index (Phi) is 6.93. The molecule has 0 N–H and O–H groups in total. The van der Waals surface area contributed by atoms with Crippen LogP contribution >= 0.6 is 0 Å². The van der Waals surface area contributed by atoms with Crippen LogP contribution in [-0.2, 0) is 15.0 Å². The minimum atomic E-state index is 0.430. The molecule has 4 aromatic carbocycles. The molecule has 0 amide bonds. The second kappa shape index (κ2) is 10.6. The van der Waals surface area contributed by atoms with E-state index in [9.17, 15) is 0 Å². The van der Waals surface area contributed by atoms with Gasteiger partial charge in [-0.3, -0.25) is 0 Å². The number of hydrogen-bond donors (Lipinski definition) is 0. The van der Waals surface area contributed by atoms with E-state index in [-0.39, 0.29) is 0 Å². The molecule has 35 heavy (non-hydrogen) atoms. The van der Waals surface area contributed by atoms with Gasteiger partial charge in [-0.25, -0.2) is 0 Å². The number of ether oxygens (including phenoxy) is 2. The van der Waals surface area contributed by atoms with E-state index < -0.39 is 0 Å². The molecule has 4 aromatic rings. The summed E-state index contributed by atoms with van der Waals surface area (Å²) in [5.74, 6) is 2.34. The predicted molar refractivity (Wildman–Crippen MR) is 140 cm³/mol. The first-order valence-corrected chi connectivity index (χ1v) is 12.1. The summed E-state index contributed by atoms with van der Waals surface area (Å²) in [6.07, 6.45) is 5.58. The van der Waals surface area contributed by atoms with Gasteiger partial charge in [-0.05, 0) is 0 Å². The molecule has 0 unspecified atom stereocenters. The molecule has 0 saturated carbocycles. The second-order valence-electron chi connectivity index (χ2n) is 8.03. The predicted octanol–water partition coefficient (Wildman–Crippen LogP) is 7.39. The van der Waals surface area contributed by atoms with E-state index in [1.54, 1.807) is 6.08 Å². The molecular formula is C31H25NNiO2. The van der Waals surface area contributed by atoms with E-state index in [2.05, 4.69) is 60.4 Å². The molecule has 0 spiro atoms. The molecular weight excluding hydrogens is 477 g/mol. The zero-order valence-electron chi connectivity index (χ0n) is 19.3. The zero-order valence-corrected chi connectivity index (χ0v) is 20.3. The molecule has 176 valence electrons. The van der Waals surface area contributed by atoms with Gasteiger partial charge < -0.3 is 0 Å². The average Bonchev–Trinajstić information content (AvgIpc) is 3.26. The maximum atomic E-state index is 6.11. The number of anilines is 1. The third-order valence-corrected chi connectivity index (χ3v) is 6.05. The van der Waals surface area contributed by atoms with Gasteiger partial charge in [-0.15, -0.1) is 0 Å². The third kappa shape index (κ3) is 5.29. The fourth-order valence-electron chi connectivity index (χ4n) is 4.05. The van der Waals surface area contributed by atoms with Gasteiger partial charge in [-0.2, -0.15) is 0 Å². The maximum absolute atomic E-state index is 6.11. The van der Waals surface area contributed by atoms with E-state index in [1.165, 1.54) is 11.1 Å². The van der Waals surface area contributed by atoms with Crippen molar-refractivity contribution >= 4 is 10.4 Å². The number of hydrogen-bond acceptors (Lipinski definition) is 3. The Morgan fingerprint density at radius 1 is 0.800 bits per heavy atom. The van der Waals surface area contributed by atoms with Crippen molar-refractivity contribution in [3.63, 3.8) is 0 Å². The van der Waals surface area contributed by atoms with Gasteiger partial charge in [-0.1, -0.05) is 6.07 Å². The topological polar surface area (TPSA) is 21.7 Å². The Hall–Kier alpha value is -3.88. The molecule has 1 heterocycles. The van der Waals surface area contributed by atoms with Crippen LogP contribution in [0.5, 0.6) is 11.5 Å². The SMILES string of the molecule is CCN1/C(=C/C=C/[C](=[Ni])Oc2ccc(-c3ccccc3)cc2)Oc2ccc(-c3ccccc3)cc21. The first kappa shape index (κ1) is 22.9. The minimum absolute atomic E-state index is 0.430. The summed E-state index contributed by atoms with van der Waals surface area (Å²) < 4.78 is 12.4. The Morgan fingerprint density at radius 2 is 1.40 bits per heavy atom. The van der Waals surface area contributed by atoms with Gasteiger partial charge in [0.1, 0.15) is 0 Å². The number of nitrogens with zero attached hydrogens (tertiary/aromatic N) is 1. The van der Waals surface area contributed by atoms with Gasteiger partial charge in [0.2, 0.25) is 0 Å². The molecule has 3 nitrogen and oxygen atoms in total. The molecule has 0 aliphatic carbocycles. The summed E-state index contributed by atoms with van der Waals surface area (Å²) in [5.41, 5.74) is 5.72. The fraction of sp³-hybridized carbons (Fsp3) is 0.0645. The summed E-state index contributed by atoms with van der Waals surface area (Å²) >= 11 is 5.06. The molecule has 0 bridgehead atoms. The first-order chi connectivity index (χ1) is 17.2. The Morgan fingerprint density at radius 3 is 2.06 bits per heavy atom. The molecule has 0 fully saturated rings. The van der Waals surface area contributed by atoms with Crippen molar-refractivity contribution in [2.24, 2.45) is 0 Å². The van der Waals surface area contributed by atoms with Gasteiger partial charge in [0.15, 0.2) is 0 Å². The number of benzene rings is 4. The molecule has 0 aromatic heterocycles. The Bertz CT molecular complexity index is 1380. The van der Waals surface area contributed by atoms with Crippen LogP contribution in [0.25, 0.3) is 22.3 Å². The normalized spacial score (nSPS) is 13.7. The standard InChI is InChI=1S/C31H25NO2.Ni/c1-2-32-29-23-27(25-13-7-4-8-14-25)18-21-30(29)34-31(32)15-9-10-22-33-28-19-16-26(17-20-28)24-11-5-3-6-12-24;/h3-21,23H,2H2,1H3;/b10-9+,31-15-;. The molecule has 1 aliphatic rings. The van der Waals surface area contributed by atoms with Crippen molar-refractivity contribution in [2.45, 2.75) is 6.92 Å². The van der Waals surface area contributed by atoms with Crippen LogP contribution < -0.4 is 14.4 Å². The molecule has 5 rings (SSSR count). The molecule has 4 heteroatoms. The average molecular weight is 502 g/mol. The van der Waals surface area contributed by atoms with Crippen molar-refractivity contribution < 1.29 is 24.5 Å². The molecule has 0 saturated heterocycles. The van der Waals surface area contributed by atoms with Crippen molar-refractivity contribution in [3.8, 4) is 33.8 Å². The van der Waals surface area contributed by atoms with Crippen molar-refractivity contribution in [1.29, 1.82) is 0 Å². The van der Waals surface area contributed by atoms with Crippen LogP contribution in [0.3, 0.4) is 0 Å². The van der Waals surface area contributed by atoms with Crippen LogP contribution in [-0.4, -0.2) is 11.2 Å². The van der Waals surface area contributed by atoms with Crippen molar-refractivity contribution in [1.82, 2.24) is 0 Å². The van der Waals surface area contributed by atoms with Crippen LogP contribution in [0.2, 0.25) is 0 Å². The number of allylic oxidation sites excluding steroid dienone is 2. The summed E-state index contributed by atoms with van der Waals surface area (Å²) in [6.45, 7) is 2.91. The van der Waals surface area contributed by atoms with Crippen molar-refractivity contribution in [2.75, 3.05) is 11.4 Å². The monoisotopic (exact) mass is 501 g/mol. The quantitative estimate of drug-likeness (QED) is 0.246. The number of fused-ring (bicyclic) bond motifs is 1. The summed E-state index contributed by atoms with van der Waals surface area (Å²) in [6, 6.07) is 34.9. The van der Waals surface area contributed by atoms with E-state index in [1.807, 2.05) is 66.7 Å². The van der Waals surface area contributed by atoms with Crippen molar-refractivity contribution in [3.05, 3.63) is 127 Å². The van der Waals surface area contributed by atoms with E-state index in [0.29, 0.717) is 4.68 Å². The third-order valence-electron chi connectivity index (χ3n) is 5.78. The van der Waals surface area contributed by atoms with Crippen LogP contribution in [0.4, 0.5) is 5.69 Å². The van der Waals surface area contributed by atoms with E-state index >= 15 is 0 Å². The van der Waals surface area contributed by atoms with Gasteiger partial charge in [0, 0.05) is 0 Å². The van der Waals surface area contributed by atoms with Crippen LogP contribution in [0.1, 0.15) is 6.92 Å². The van der Waals surface area contributed by atoms with Crippen LogP contribution in [0, 0.1) is 0 Å². The zero-order chi connectivity index (χ0) is 24.0. The Balaban J connectivity index is 1.25. The fourth-order valence-corrected chi connectivity index (χ4v) is 4.26. The number of rotatable bonds is 7. The van der Waals surface area contributed by atoms with E-state index in [0.717, 1.165) is 40.7 Å². The molecule has 1 aliphatic heterocycles. The van der Waals surface area contributed by atoms with Gasteiger partial charge in [0.25, 0.3) is 0 Å². The first-order valence-electron chi connectivity index (χ1n) is 11.6. The molecule has 0 radical (unpaired) electrons. The Labute approximate surface area is 213 Å². The summed E-state index contributed by atoms with van der Waals surface area (Å²) in [7, 11) is 0. The summed E-state index contributed by atoms with van der Waals surface area (Å²) in [4.78, 5) is 2.15. The van der Waals surface area contributed by atoms with E-state index in [4.69, 9.17) is 24.5 Å². The summed E-state index contributed by atoms with van der Waals surface area (Å²) in [5, 5.41) is 0. The van der Waals surface area contributed by atoms with Crippen LogP contribution in [0.15, 0.2) is 127 Å².